The molecule has 0 spiro atoms. The Bertz CT molecular complexity index is 570. The van der Waals surface area contributed by atoms with E-state index in [0.717, 1.165) is 17.4 Å². The Morgan fingerprint density at radius 1 is 1.30 bits per heavy atom. The summed E-state index contributed by atoms with van der Waals surface area (Å²) in [6.07, 6.45) is 1.86. The van der Waals surface area contributed by atoms with Crippen molar-refractivity contribution in [2.24, 2.45) is 5.73 Å². The molecular formula is C13H21N3O3S. The van der Waals surface area contributed by atoms with Crippen molar-refractivity contribution in [3.63, 3.8) is 0 Å². The molecule has 0 unspecified atom stereocenters. The van der Waals surface area contributed by atoms with Crippen LogP contribution >= 0.6 is 0 Å². The Morgan fingerprint density at radius 3 is 2.55 bits per heavy atom. The van der Waals surface area contributed by atoms with E-state index in [4.69, 9.17) is 5.73 Å². The molecule has 1 amide bonds. The minimum absolute atomic E-state index is 0.422. The van der Waals surface area contributed by atoms with E-state index < -0.39 is 15.9 Å². The van der Waals surface area contributed by atoms with Crippen molar-refractivity contribution >= 4 is 15.9 Å². The van der Waals surface area contributed by atoms with Gasteiger partial charge in [0.1, 0.15) is 0 Å². The van der Waals surface area contributed by atoms with Crippen LogP contribution in [0.1, 0.15) is 27.9 Å². The molecule has 1 aromatic rings. The number of carbonyl (C=O) groups excluding carboxylic acids is 1. The van der Waals surface area contributed by atoms with E-state index in [2.05, 4.69) is 10.0 Å². The minimum atomic E-state index is -3.10. The third-order valence-electron chi connectivity index (χ3n) is 2.84. The maximum atomic E-state index is 11.0. The van der Waals surface area contributed by atoms with Gasteiger partial charge in [0.15, 0.2) is 0 Å². The van der Waals surface area contributed by atoms with Gasteiger partial charge in [0.05, 0.1) is 6.26 Å². The van der Waals surface area contributed by atoms with E-state index >= 15 is 0 Å². The lowest BCUT2D eigenvalue weighted by Crippen LogP contribution is -2.26. The molecule has 0 radical (unpaired) electrons. The van der Waals surface area contributed by atoms with Crippen LogP contribution in [0.4, 0.5) is 0 Å². The van der Waals surface area contributed by atoms with Crippen molar-refractivity contribution in [2.75, 3.05) is 19.3 Å². The first-order valence-corrected chi connectivity index (χ1v) is 8.23. The van der Waals surface area contributed by atoms with Gasteiger partial charge in [0, 0.05) is 18.7 Å². The molecule has 0 bridgehead atoms. The number of nitrogens with two attached hydrogens (primary N) is 1. The Labute approximate surface area is 119 Å². The summed E-state index contributed by atoms with van der Waals surface area (Å²) in [6, 6.07) is 5.35. The summed E-state index contributed by atoms with van der Waals surface area (Å²) < 4.78 is 24.1. The summed E-state index contributed by atoms with van der Waals surface area (Å²) in [5.74, 6) is -0.431. The van der Waals surface area contributed by atoms with E-state index in [-0.39, 0.29) is 0 Å². The summed E-state index contributed by atoms with van der Waals surface area (Å²) in [5, 5.41) is 3.23. The molecule has 0 aromatic heterocycles. The molecule has 0 atom stereocenters. The molecule has 0 saturated heterocycles. The molecule has 112 valence electrons. The van der Waals surface area contributed by atoms with E-state index in [0.29, 0.717) is 31.6 Å². The SMILES string of the molecule is Cc1cc(C(N)=O)ccc1CNCCCNS(C)(=O)=O. The second-order valence-electron chi connectivity index (χ2n) is 4.70. The fourth-order valence-corrected chi connectivity index (χ4v) is 2.26. The summed E-state index contributed by atoms with van der Waals surface area (Å²) in [4.78, 5) is 11.0. The number of nitrogens with one attached hydrogen (secondary N) is 2. The maximum absolute atomic E-state index is 11.0. The van der Waals surface area contributed by atoms with Gasteiger partial charge in [0.2, 0.25) is 15.9 Å². The number of amides is 1. The number of primary amides is 1. The summed E-state index contributed by atoms with van der Waals surface area (Å²) in [5.41, 5.74) is 7.81. The Hall–Kier alpha value is -1.44. The summed E-state index contributed by atoms with van der Waals surface area (Å²) in [7, 11) is -3.10. The first-order chi connectivity index (χ1) is 9.29. The van der Waals surface area contributed by atoms with Crippen LogP contribution in [0.15, 0.2) is 18.2 Å². The highest BCUT2D eigenvalue weighted by Crippen LogP contribution is 2.10. The molecule has 0 aliphatic rings. The van der Waals surface area contributed by atoms with E-state index in [1.165, 1.54) is 0 Å². The lowest BCUT2D eigenvalue weighted by molar-refractivity contribution is 0.1000. The number of carbonyl (C=O) groups is 1. The van der Waals surface area contributed by atoms with Crippen LogP contribution in [0.25, 0.3) is 0 Å². The average molecular weight is 299 g/mol. The number of sulfonamides is 1. The van der Waals surface area contributed by atoms with Crippen molar-refractivity contribution in [3.05, 3.63) is 34.9 Å². The lowest BCUT2D eigenvalue weighted by atomic mass is 10.0. The van der Waals surface area contributed by atoms with Crippen LogP contribution < -0.4 is 15.8 Å². The normalized spacial score (nSPS) is 11.5. The molecule has 0 aliphatic heterocycles. The third-order valence-corrected chi connectivity index (χ3v) is 3.57. The summed E-state index contributed by atoms with van der Waals surface area (Å²) >= 11 is 0. The zero-order chi connectivity index (χ0) is 15.2. The molecule has 0 aliphatic carbocycles. The van der Waals surface area contributed by atoms with Crippen molar-refractivity contribution < 1.29 is 13.2 Å². The Balaban J connectivity index is 2.34. The largest absolute Gasteiger partial charge is 0.366 e. The number of benzene rings is 1. The first-order valence-electron chi connectivity index (χ1n) is 6.34. The molecule has 20 heavy (non-hydrogen) atoms. The Morgan fingerprint density at radius 2 is 2.00 bits per heavy atom. The molecule has 1 aromatic carbocycles. The standard InChI is InChI=1S/C13H21N3O3S/c1-10-8-11(13(14)17)4-5-12(10)9-15-6-3-7-16-20(2,18)19/h4-5,8,15-16H,3,6-7,9H2,1-2H3,(H2,14,17). The molecule has 0 heterocycles. The zero-order valence-electron chi connectivity index (χ0n) is 11.8. The monoisotopic (exact) mass is 299 g/mol. The lowest BCUT2D eigenvalue weighted by Gasteiger charge is -2.09. The molecule has 6 nitrogen and oxygen atoms in total. The smallest absolute Gasteiger partial charge is 0.248 e. The fraction of sp³-hybridized carbons (Fsp3) is 0.462. The molecule has 0 saturated carbocycles. The fourth-order valence-electron chi connectivity index (χ4n) is 1.74. The second kappa shape index (κ2) is 7.37. The average Bonchev–Trinajstić information content (AvgIpc) is 2.33. The van der Waals surface area contributed by atoms with E-state index in [1.807, 2.05) is 13.0 Å². The highest BCUT2D eigenvalue weighted by molar-refractivity contribution is 7.88. The van der Waals surface area contributed by atoms with Gasteiger partial charge in [-0.3, -0.25) is 4.79 Å². The van der Waals surface area contributed by atoms with Crippen molar-refractivity contribution in [2.45, 2.75) is 19.9 Å². The Kier molecular flexibility index (Phi) is 6.12. The van der Waals surface area contributed by atoms with Gasteiger partial charge >= 0.3 is 0 Å². The third kappa shape index (κ3) is 6.14. The predicted molar refractivity (Wildman–Crippen MR) is 78.9 cm³/mol. The van der Waals surface area contributed by atoms with Crippen LogP contribution in [0.5, 0.6) is 0 Å². The number of hydrogen-bond donors (Lipinski definition) is 3. The highest BCUT2D eigenvalue weighted by Gasteiger charge is 2.04. The highest BCUT2D eigenvalue weighted by atomic mass is 32.2. The van der Waals surface area contributed by atoms with Gasteiger partial charge in [-0.1, -0.05) is 6.07 Å². The molecule has 0 fully saturated rings. The zero-order valence-corrected chi connectivity index (χ0v) is 12.6. The molecule has 7 heteroatoms. The van der Waals surface area contributed by atoms with Crippen LogP contribution in [-0.2, 0) is 16.6 Å². The van der Waals surface area contributed by atoms with E-state index in [9.17, 15) is 13.2 Å². The number of rotatable bonds is 8. The maximum Gasteiger partial charge on any atom is 0.248 e. The van der Waals surface area contributed by atoms with Gasteiger partial charge < -0.3 is 11.1 Å². The quantitative estimate of drug-likeness (QED) is 0.594. The van der Waals surface area contributed by atoms with Gasteiger partial charge in [-0.2, -0.15) is 0 Å². The van der Waals surface area contributed by atoms with Gasteiger partial charge in [-0.25, -0.2) is 13.1 Å². The second-order valence-corrected chi connectivity index (χ2v) is 6.54. The topological polar surface area (TPSA) is 101 Å². The predicted octanol–water partition coefficient (Wildman–Crippen LogP) is 0.123. The van der Waals surface area contributed by atoms with Gasteiger partial charge in [0.25, 0.3) is 0 Å². The van der Waals surface area contributed by atoms with Crippen LogP contribution in [-0.4, -0.2) is 33.7 Å². The number of aryl methyl sites for hydroxylation is 1. The minimum Gasteiger partial charge on any atom is -0.366 e. The van der Waals surface area contributed by atoms with E-state index in [1.54, 1.807) is 12.1 Å². The van der Waals surface area contributed by atoms with Crippen molar-refractivity contribution in [1.29, 1.82) is 0 Å². The van der Waals surface area contributed by atoms with Gasteiger partial charge in [-0.15, -0.1) is 0 Å². The van der Waals surface area contributed by atoms with Crippen LogP contribution in [0.3, 0.4) is 0 Å². The number of hydrogen-bond acceptors (Lipinski definition) is 4. The summed E-state index contributed by atoms with van der Waals surface area (Å²) in [6.45, 7) is 3.73. The van der Waals surface area contributed by atoms with Crippen molar-refractivity contribution in [3.8, 4) is 0 Å². The molecule has 4 N–H and O–H groups in total. The van der Waals surface area contributed by atoms with Crippen LogP contribution in [0.2, 0.25) is 0 Å². The molecular weight excluding hydrogens is 278 g/mol. The van der Waals surface area contributed by atoms with Crippen molar-refractivity contribution in [1.82, 2.24) is 10.0 Å². The molecule has 1 rings (SSSR count). The first kappa shape index (κ1) is 16.6. The van der Waals surface area contributed by atoms with Gasteiger partial charge in [-0.05, 0) is 43.1 Å². The van der Waals surface area contributed by atoms with Crippen LogP contribution in [0, 0.1) is 6.92 Å².